The molecule has 0 saturated carbocycles. The van der Waals surface area contributed by atoms with Crippen molar-refractivity contribution in [3.8, 4) is 11.5 Å². The fraction of sp³-hybridized carbons (Fsp3) is 0.667. The van der Waals surface area contributed by atoms with Crippen LogP contribution in [0, 0.1) is 5.92 Å². The summed E-state index contributed by atoms with van der Waals surface area (Å²) < 4.78 is 11.3. The van der Waals surface area contributed by atoms with Gasteiger partial charge in [-0.3, -0.25) is 4.90 Å². The SMILES string of the molecule is CNCC1CCN(Cc2ccc(OC)cc2OC(C)C)CC1.Cl. The molecule has 1 N–H and O–H groups in total. The maximum Gasteiger partial charge on any atom is 0.127 e. The number of rotatable bonds is 7. The first-order chi connectivity index (χ1) is 10.6. The van der Waals surface area contributed by atoms with Crippen LogP contribution >= 0.6 is 12.4 Å². The average molecular weight is 343 g/mol. The van der Waals surface area contributed by atoms with Crippen molar-refractivity contribution in [3.05, 3.63) is 23.8 Å². The highest BCUT2D eigenvalue weighted by Crippen LogP contribution is 2.28. The Morgan fingerprint density at radius 3 is 2.52 bits per heavy atom. The van der Waals surface area contributed by atoms with Crippen molar-refractivity contribution >= 4 is 12.4 Å². The Morgan fingerprint density at radius 2 is 1.96 bits per heavy atom. The topological polar surface area (TPSA) is 33.7 Å². The van der Waals surface area contributed by atoms with Crippen LogP contribution in [0.3, 0.4) is 0 Å². The number of halogens is 1. The van der Waals surface area contributed by atoms with Crippen LogP contribution in [0.25, 0.3) is 0 Å². The Kier molecular flexibility index (Phi) is 8.74. The molecule has 1 fully saturated rings. The van der Waals surface area contributed by atoms with Crippen LogP contribution in [0.2, 0.25) is 0 Å². The monoisotopic (exact) mass is 342 g/mol. The fourth-order valence-electron chi connectivity index (χ4n) is 3.03. The molecule has 0 amide bonds. The molecule has 1 saturated heterocycles. The first kappa shape index (κ1) is 20.1. The summed E-state index contributed by atoms with van der Waals surface area (Å²) in [6.45, 7) is 8.55. The average Bonchev–Trinajstić information content (AvgIpc) is 2.50. The van der Waals surface area contributed by atoms with Crippen LogP contribution in [-0.2, 0) is 6.54 Å². The van der Waals surface area contributed by atoms with Crippen LogP contribution in [0.15, 0.2) is 18.2 Å². The summed E-state index contributed by atoms with van der Waals surface area (Å²) in [7, 11) is 3.74. The molecule has 0 spiro atoms. The van der Waals surface area contributed by atoms with E-state index < -0.39 is 0 Å². The molecule has 0 radical (unpaired) electrons. The number of nitrogens with one attached hydrogen (secondary N) is 1. The van der Waals surface area contributed by atoms with Gasteiger partial charge in [0.05, 0.1) is 13.2 Å². The number of benzene rings is 1. The van der Waals surface area contributed by atoms with Gasteiger partial charge in [-0.25, -0.2) is 0 Å². The predicted molar refractivity (Wildman–Crippen MR) is 97.9 cm³/mol. The Hall–Kier alpha value is -0.970. The summed E-state index contributed by atoms with van der Waals surface area (Å²) in [6.07, 6.45) is 2.72. The number of likely N-dealkylation sites (tertiary alicyclic amines) is 1. The van der Waals surface area contributed by atoms with Crippen molar-refractivity contribution in [1.29, 1.82) is 0 Å². The molecular weight excluding hydrogens is 312 g/mol. The van der Waals surface area contributed by atoms with Crippen LogP contribution in [-0.4, -0.2) is 44.8 Å². The number of hydrogen-bond donors (Lipinski definition) is 1. The van der Waals surface area contributed by atoms with Gasteiger partial charge in [-0.2, -0.15) is 0 Å². The van der Waals surface area contributed by atoms with E-state index in [1.54, 1.807) is 7.11 Å². The van der Waals surface area contributed by atoms with Crippen molar-refractivity contribution in [3.63, 3.8) is 0 Å². The van der Waals surface area contributed by atoms with Crippen molar-refractivity contribution in [1.82, 2.24) is 10.2 Å². The van der Waals surface area contributed by atoms with Gasteiger partial charge in [-0.15, -0.1) is 12.4 Å². The lowest BCUT2D eigenvalue weighted by atomic mass is 9.96. The van der Waals surface area contributed by atoms with Crippen LogP contribution in [0.1, 0.15) is 32.3 Å². The first-order valence-electron chi connectivity index (χ1n) is 8.33. The normalized spacial score (nSPS) is 16.2. The molecule has 1 aromatic rings. The van der Waals surface area contributed by atoms with Gasteiger partial charge in [0.15, 0.2) is 0 Å². The van der Waals surface area contributed by atoms with Crippen LogP contribution in [0.4, 0.5) is 0 Å². The molecule has 23 heavy (non-hydrogen) atoms. The standard InChI is InChI=1S/C18H30N2O2.ClH/c1-14(2)22-18-11-17(21-4)6-5-16(18)13-20-9-7-15(8-10-20)12-19-3;/h5-6,11,14-15,19H,7-10,12-13H2,1-4H3;1H. The van der Waals surface area contributed by atoms with Crippen LogP contribution < -0.4 is 14.8 Å². The van der Waals surface area contributed by atoms with Gasteiger partial charge in [-0.05, 0) is 65.4 Å². The summed E-state index contributed by atoms with van der Waals surface area (Å²) in [5.74, 6) is 2.63. The number of nitrogens with zero attached hydrogens (tertiary/aromatic N) is 1. The highest BCUT2D eigenvalue weighted by molar-refractivity contribution is 5.85. The maximum absolute atomic E-state index is 5.97. The molecule has 1 aliphatic rings. The minimum absolute atomic E-state index is 0. The molecule has 0 atom stereocenters. The summed E-state index contributed by atoms with van der Waals surface area (Å²) in [5.41, 5.74) is 1.25. The van der Waals surface area contributed by atoms with Gasteiger partial charge in [0, 0.05) is 18.2 Å². The highest BCUT2D eigenvalue weighted by atomic mass is 35.5. The molecule has 0 bridgehead atoms. The Morgan fingerprint density at radius 1 is 1.26 bits per heavy atom. The largest absolute Gasteiger partial charge is 0.497 e. The second-order valence-corrected chi connectivity index (χ2v) is 6.42. The van der Waals surface area contributed by atoms with E-state index in [9.17, 15) is 0 Å². The van der Waals surface area contributed by atoms with E-state index in [-0.39, 0.29) is 18.5 Å². The second-order valence-electron chi connectivity index (χ2n) is 6.42. The molecule has 0 aliphatic carbocycles. The Bertz CT molecular complexity index is 460. The second kappa shape index (κ2) is 10.0. The number of ether oxygens (including phenoxy) is 2. The molecule has 132 valence electrons. The molecule has 0 aromatic heterocycles. The summed E-state index contributed by atoms with van der Waals surface area (Å²) in [4.78, 5) is 2.53. The van der Waals surface area contributed by atoms with Gasteiger partial charge < -0.3 is 14.8 Å². The smallest absolute Gasteiger partial charge is 0.127 e. The third-order valence-corrected chi connectivity index (χ3v) is 4.23. The van der Waals surface area contributed by atoms with Crippen LogP contribution in [0.5, 0.6) is 11.5 Å². The Labute approximate surface area is 146 Å². The van der Waals surface area contributed by atoms with Gasteiger partial charge in [0.2, 0.25) is 0 Å². The van der Waals surface area contributed by atoms with E-state index in [0.29, 0.717) is 0 Å². The molecule has 1 heterocycles. The van der Waals surface area contributed by atoms with Crippen molar-refractivity contribution < 1.29 is 9.47 Å². The molecule has 1 aliphatic heterocycles. The zero-order valence-corrected chi connectivity index (χ0v) is 15.6. The third-order valence-electron chi connectivity index (χ3n) is 4.23. The van der Waals surface area contributed by atoms with Gasteiger partial charge in [0.25, 0.3) is 0 Å². The van der Waals surface area contributed by atoms with Gasteiger partial charge >= 0.3 is 0 Å². The predicted octanol–water partition coefficient (Wildman–Crippen LogP) is 3.34. The van der Waals surface area contributed by atoms with Gasteiger partial charge in [0.1, 0.15) is 11.5 Å². The maximum atomic E-state index is 5.97. The Balaban J connectivity index is 0.00000264. The number of piperidine rings is 1. The minimum atomic E-state index is 0. The lowest BCUT2D eigenvalue weighted by molar-refractivity contribution is 0.171. The summed E-state index contributed by atoms with van der Waals surface area (Å²) >= 11 is 0. The van der Waals surface area contributed by atoms with E-state index >= 15 is 0 Å². The number of hydrogen-bond acceptors (Lipinski definition) is 4. The van der Waals surface area contributed by atoms with E-state index in [2.05, 4.69) is 30.1 Å². The molecule has 4 nitrogen and oxygen atoms in total. The summed E-state index contributed by atoms with van der Waals surface area (Å²) in [6, 6.07) is 6.16. The fourth-order valence-corrected chi connectivity index (χ4v) is 3.03. The summed E-state index contributed by atoms with van der Waals surface area (Å²) in [5, 5.41) is 3.29. The molecule has 5 heteroatoms. The van der Waals surface area contributed by atoms with E-state index in [4.69, 9.17) is 9.47 Å². The molecular formula is C18H31ClN2O2. The zero-order valence-electron chi connectivity index (χ0n) is 14.8. The van der Waals surface area contributed by atoms with E-state index in [0.717, 1.165) is 30.5 Å². The quantitative estimate of drug-likeness (QED) is 0.824. The highest BCUT2D eigenvalue weighted by Gasteiger charge is 2.20. The zero-order chi connectivity index (χ0) is 15.9. The lowest BCUT2D eigenvalue weighted by Gasteiger charge is -2.32. The third kappa shape index (κ3) is 6.21. The first-order valence-corrected chi connectivity index (χ1v) is 8.33. The van der Waals surface area contributed by atoms with Crippen molar-refractivity contribution in [2.24, 2.45) is 5.92 Å². The molecule has 1 aromatic carbocycles. The number of methoxy groups -OCH3 is 1. The molecule has 0 unspecified atom stereocenters. The minimum Gasteiger partial charge on any atom is -0.497 e. The van der Waals surface area contributed by atoms with Crippen molar-refractivity contribution in [2.45, 2.75) is 39.3 Å². The lowest BCUT2D eigenvalue weighted by Crippen LogP contribution is -2.36. The van der Waals surface area contributed by atoms with E-state index in [1.807, 2.05) is 19.2 Å². The van der Waals surface area contributed by atoms with E-state index in [1.165, 1.54) is 31.5 Å². The van der Waals surface area contributed by atoms with Gasteiger partial charge in [-0.1, -0.05) is 6.07 Å². The van der Waals surface area contributed by atoms with Crippen molar-refractivity contribution in [2.75, 3.05) is 33.8 Å². The molecule has 2 rings (SSSR count).